The minimum atomic E-state index is -1.33. The van der Waals surface area contributed by atoms with E-state index in [1.165, 1.54) is 24.8 Å². The van der Waals surface area contributed by atoms with E-state index in [2.05, 4.69) is 33.1 Å². The number of fused-ring (bicyclic) bond motifs is 5. The van der Waals surface area contributed by atoms with Gasteiger partial charge in [-0.2, -0.15) is 4.80 Å². The van der Waals surface area contributed by atoms with Gasteiger partial charge in [-0.05, 0) is 90.3 Å². The predicted octanol–water partition coefficient (Wildman–Crippen LogP) is 6.39. The van der Waals surface area contributed by atoms with Gasteiger partial charge in [-0.3, -0.25) is 0 Å². The molecule has 2 fully saturated rings. The third-order valence-corrected chi connectivity index (χ3v) is 8.97. The Balaban J connectivity index is 1.39. The molecule has 4 aromatic rings. The lowest BCUT2D eigenvalue weighted by molar-refractivity contribution is 0.0585. The Morgan fingerprint density at radius 2 is 1.86 bits per heavy atom. The molecule has 42 heavy (non-hydrogen) atoms. The Bertz CT molecular complexity index is 1660. The van der Waals surface area contributed by atoms with Crippen molar-refractivity contribution in [3.05, 3.63) is 53.3 Å². The Morgan fingerprint density at radius 1 is 1.05 bits per heavy atom. The molecule has 2 aromatic carbocycles. The van der Waals surface area contributed by atoms with Crippen molar-refractivity contribution in [3.63, 3.8) is 0 Å². The highest BCUT2D eigenvalue weighted by Crippen LogP contribution is 2.48. The molecule has 2 aromatic heterocycles. The molecular formula is C32H35N5O5. The van der Waals surface area contributed by atoms with Crippen molar-refractivity contribution in [2.45, 2.75) is 64.0 Å². The first-order valence-electron chi connectivity index (χ1n) is 14.9. The van der Waals surface area contributed by atoms with Gasteiger partial charge in [0.2, 0.25) is 5.82 Å². The van der Waals surface area contributed by atoms with Crippen molar-refractivity contribution in [1.29, 1.82) is 0 Å². The van der Waals surface area contributed by atoms with Crippen LogP contribution in [0.15, 0.2) is 36.4 Å². The predicted molar refractivity (Wildman–Crippen MR) is 158 cm³/mol. The van der Waals surface area contributed by atoms with Crippen LogP contribution in [0.2, 0.25) is 0 Å². The zero-order valence-electron chi connectivity index (χ0n) is 23.8. The van der Waals surface area contributed by atoms with E-state index in [9.17, 15) is 9.90 Å². The second-order valence-corrected chi connectivity index (χ2v) is 11.6. The Morgan fingerprint density at radius 3 is 2.64 bits per heavy atom. The molecule has 0 radical (unpaired) electrons. The molecule has 0 unspecified atom stereocenters. The molecule has 10 heteroatoms. The van der Waals surface area contributed by atoms with Gasteiger partial charge in [0.15, 0.2) is 0 Å². The maximum Gasteiger partial charge on any atom is 0.511 e. The topological polar surface area (TPSA) is 114 Å². The lowest BCUT2D eigenvalue weighted by Crippen LogP contribution is -2.21. The quantitative estimate of drug-likeness (QED) is 0.210. The average molecular weight is 570 g/mol. The number of carbonyl (C=O) groups is 1. The number of nitrogens with zero attached hydrogens (tertiary/aromatic N) is 5. The maximum absolute atomic E-state index is 11.4. The highest BCUT2D eigenvalue weighted by Gasteiger charge is 2.30. The summed E-state index contributed by atoms with van der Waals surface area (Å²) in [6, 6.07) is 11.8. The second-order valence-electron chi connectivity index (χ2n) is 11.6. The summed E-state index contributed by atoms with van der Waals surface area (Å²) in [5.41, 5.74) is 6.49. The smallest absolute Gasteiger partial charge is 0.497 e. The molecule has 3 aliphatic rings. The molecule has 1 saturated carbocycles. The molecule has 0 atom stereocenters. The molecule has 0 spiro atoms. The van der Waals surface area contributed by atoms with Crippen molar-refractivity contribution in [1.82, 2.24) is 24.8 Å². The number of allylic oxidation sites excluding steroid dienone is 1. The fraction of sp³-hybridized carbons (Fsp3) is 0.438. The number of aromatic nitrogens is 5. The lowest BCUT2D eigenvalue weighted by Gasteiger charge is -2.24. The molecule has 1 aliphatic carbocycles. The van der Waals surface area contributed by atoms with Gasteiger partial charge in [-0.25, -0.2) is 4.79 Å². The van der Waals surface area contributed by atoms with Gasteiger partial charge in [0.25, 0.3) is 0 Å². The van der Waals surface area contributed by atoms with Crippen LogP contribution in [-0.4, -0.2) is 56.4 Å². The van der Waals surface area contributed by atoms with Gasteiger partial charge in [0, 0.05) is 35.8 Å². The number of hydrogen-bond acceptors (Lipinski definition) is 7. The summed E-state index contributed by atoms with van der Waals surface area (Å²) in [6.07, 6.45) is 8.75. The van der Waals surface area contributed by atoms with Crippen LogP contribution in [0.4, 0.5) is 4.79 Å². The number of ether oxygens (including phenoxy) is 3. The van der Waals surface area contributed by atoms with Crippen LogP contribution < -0.4 is 9.47 Å². The summed E-state index contributed by atoms with van der Waals surface area (Å²) in [6.45, 7) is 2.77. The van der Waals surface area contributed by atoms with Crippen molar-refractivity contribution >= 4 is 28.7 Å². The summed E-state index contributed by atoms with van der Waals surface area (Å²) in [7, 11) is 1.68. The van der Waals surface area contributed by atoms with Crippen LogP contribution in [0.3, 0.4) is 0 Å². The van der Waals surface area contributed by atoms with Crippen molar-refractivity contribution in [2.75, 3.05) is 20.3 Å². The summed E-state index contributed by atoms with van der Waals surface area (Å²) < 4.78 is 18.5. The van der Waals surface area contributed by atoms with E-state index in [4.69, 9.17) is 19.3 Å². The molecule has 2 aliphatic heterocycles. The molecule has 1 saturated heterocycles. The van der Waals surface area contributed by atoms with E-state index in [-0.39, 0.29) is 0 Å². The molecular weight excluding hydrogens is 534 g/mol. The van der Waals surface area contributed by atoms with Crippen LogP contribution in [-0.2, 0) is 17.8 Å². The molecule has 0 amide bonds. The Labute approximate surface area is 243 Å². The standard InChI is InChI=1S/C32H35N5O5/c1-40-24-7-9-26-22(16-24)15-23(31-33-35-37(34-31)18-20-11-13-41-14-12-20)19-36-28-17-25(42-32(38)39)8-10-27(28)29(30(26)36)21-5-3-2-4-6-21/h7-10,15-17,20-21H,2-6,11-14,18-19H2,1H3,(H,38,39). The van der Waals surface area contributed by atoms with Crippen molar-refractivity contribution in [3.8, 4) is 22.8 Å². The van der Waals surface area contributed by atoms with Crippen molar-refractivity contribution < 1.29 is 24.1 Å². The summed E-state index contributed by atoms with van der Waals surface area (Å²) in [5.74, 6) is 2.55. The van der Waals surface area contributed by atoms with Gasteiger partial charge in [0.05, 0.1) is 31.4 Å². The van der Waals surface area contributed by atoms with E-state index in [1.807, 2.05) is 18.2 Å². The third kappa shape index (κ3) is 5.04. The van der Waals surface area contributed by atoms with E-state index < -0.39 is 6.16 Å². The highest BCUT2D eigenvalue weighted by atomic mass is 16.7. The van der Waals surface area contributed by atoms with E-state index in [0.29, 0.717) is 36.5 Å². The molecule has 10 nitrogen and oxygen atoms in total. The third-order valence-electron chi connectivity index (χ3n) is 8.97. The van der Waals surface area contributed by atoms with E-state index in [1.54, 1.807) is 18.0 Å². The SMILES string of the molecule is COc1ccc2c(c1)C=C(c1nnn(CC3CCOCC3)n1)Cn1c-2c(C2CCCCC2)c2ccc(OC(=O)O)cc21. The largest absolute Gasteiger partial charge is 0.511 e. The number of hydrogen-bond donors (Lipinski definition) is 1. The average Bonchev–Trinajstić information content (AvgIpc) is 3.55. The molecule has 7 rings (SSSR count). The van der Waals surface area contributed by atoms with Crippen LogP contribution >= 0.6 is 0 Å². The zero-order chi connectivity index (χ0) is 28.6. The number of tetrazole rings is 1. The normalized spacial score (nSPS) is 17.8. The Kier molecular flexibility index (Phi) is 7.15. The van der Waals surface area contributed by atoms with E-state index >= 15 is 0 Å². The van der Waals surface area contributed by atoms with Gasteiger partial charge in [-0.1, -0.05) is 19.3 Å². The van der Waals surface area contributed by atoms with Gasteiger partial charge in [0.1, 0.15) is 11.5 Å². The van der Waals surface area contributed by atoms with Crippen LogP contribution in [0.5, 0.6) is 11.5 Å². The summed E-state index contributed by atoms with van der Waals surface area (Å²) in [5, 5.41) is 24.2. The summed E-state index contributed by atoms with van der Waals surface area (Å²) >= 11 is 0. The molecule has 218 valence electrons. The van der Waals surface area contributed by atoms with Crippen LogP contribution in [0, 0.1) is 5.92 Å². The second kappa shape index (κ2) is 11.2. The van der Waals surface area contributed by atoms with Gasteiger partial charge >= 0.3 is 6.16 Å². The molecule has 1 N–H and O–H groups in total. The van der Waals surface area contributed by atoms with Crippen LogP contribution in [0.25, 0.3) is 33.8 Å². The number of carboxylic acid groups (broad SMARTS) is 1. The fourth-order valence-corrected chi connectivity index (χ4v) is 6.93. The van der Waals surface area contributed by atoms with Gasteiger partial charge in [-0.15, -0.1) is 10.2 Å². The van der Waals surface area contributed by atoms with E-state index in [0.717, 1.165) is 77.9 Å². The highest BCUT2D eigenvalue weighted by molar-refractivity contribution is 5.98. The minimum absolute atomic E-state index is 0.302. The molecule has 4 heterocycles. The van der Waals surface area contributed by atoms with Crippen molar-refractivity contribution in [2.24, 2.45) is 5.92 Å². The first kappa shape index (κ1) is 26.7. The first-order chi connectivity index (χ1) is 20.6. The first-order valence-corrected chi connectivity index (χ1v) is 14.9. The monoisotopic (exact) mass is 569 g/mol. The van der Waals surface area contributed by atoms with Gasteiger partial charge < -0.3 is 23.9 Å². The number of methoxy groups -OCH3 is 1. The lowest BCUT2D eigenvalue weighted by atomic mass is 9.81. The number of benzene rings is 2. The zero-order valence-corrected chi connectivity index (χ0v) is 23.8. The molecule has 0 bridgehead atoms. The summed E-state index contributed by atoms with van der Waals surface area (Å²) in [4.78, 5) is 13.1. The van der Waals surface area contributed by atoms with Crippen LogP contribution in [0.1, 0.15) is 67.8 Å². The fourth-order valence-electron chi connectivity index (χ4n) is 6.93. The number of rotatable bonds is 6. The maximum atomic E-state index is 11.4. The minimum Gasteiger partial charge on any atom is -0.497 e. The Hall–Kier alpha value is -4.18.